The maximum atomic E-state index is 12.5. The predicted molar refractivity (Wildman–Crippen MR) is 183 cm³/mol. The number of carbonyl (C=O) groups is 1. The van der Waals surface area contributed by atoms with Gasteiger partial charge in [0.15, 0.2) is 6.61 Å². The van der Waals surface area contributed by atoms with Gasteiger partial charge in [-0.2, -0.15) is 0 Å². The van der Waals surface area contributed by atoms with Crippen LogP contribution in [0.5, 0.6) is 0 Å². The van der Waals surface area contributed by atoms with Crippen molar-refractivity contribution in [2.24, 2.45) is 5.92 Å². The van der Waals surface area contributed by atoms with Crippen LogP contribution in [0.15, 0.2) is 96.6 Å². The maximum Gasteiger partial charge on any atom is 0.332 e. The summed E-state index contributed by atoms with van der Waals surface area (Å²) in [4.78, 5) is 27.5. The molecule has 1 saturated carbocycles. The van der Waals surface area contributed by atoms with Gasteiger partial charge in [-0.3, -0.25) is 0 Å². The lowest BCUT2D eigenvalue weighted by Gasteiger charge is -2.44. The number of hydrogen-bond donors (Lipinski definition) is 0. The average Bonchev–Trinajstić information content (AvgIpc) is 3.39. The van der Waals surface area contributed by atoms with Gasteiger partial charge in [-0.15, -0.1) is 10.1 Å². The second-order valence-electron chi connectivity index (χ2n) is 13.0. The van der Waals surface area contributed by atoms with E-state index < -0.39 is 32.1 Å². The highest BCUT2D eigenvalue weighted by atomic mass is 28.4. The summed E-state index contributed by atoms with van der Waals surface area (Å²) in [5, 5.41) is 11.9. The van der Waals surface area contributed by atoms with Crippen LogP contribution in [-0.4, -0.2) is 38.2 Å². The number of rotatable bonds is 17. The van der Waals surface area contributed by atoms with Crippen LogP contribution >= 0.6 is 0 Å². The van der Waals surface area contributed by atoms with E-state index in [1.165, 1.54) is 42.5 Å². The Hall–Kier alpha value is -3.49. The molecule has 0 aliphatic heterocycles. The molecule has 0 N–H and O–H groups in total. The first-order valence-corrected chi connectivity index (χ1v) is 18.2. The molecule has 0 heterocycles. The number of nitrogens with zero attached hydrogens (tertiary/aromatic N) is 1. The molecule has 2 aromatic rings. The maximum absolute atomic E-state index is 12.5. The Bertz CT molecular complexity index is 1250. The number of carbonyl (C=O) groups excluding carboxylic acids is 1. The number of hydrogen-bond acceptors (Lipinski definition) is 6. The third-order valence-corrected chi connectivity index (χ3v) is 13.5. The summed E-state index contributed by atoms with van der Waals surface area (Å²) < 4.78 is 13.1. The summed E-state index contributed by atoms with van der Waals surface area (Å²) in [7, 11) is -2.82. The highest BCUT2D eigenvalue weighted by Crippen LogP contribution is 2.41. The van der Waals surface area contributed by atoms with Crippen LogP contribution in [-0.2, 0) is 18.8 Å². The molecule has 45 heavy (non-hydrogen) atoms. The van der Waals surface area contributed by atoms with E-state index in [-0.39, 0.29) is 17.1 Å². The van der Waals surface area contributed by atoms with Crippen LogP contribution < -0.4 is 10.4 Å². The van der Waals surface area contributed by atoms with Gasteiger partial charge in [0.1, 0.15) is 6.10 Å². The predicted octanol–water partition coefficient (Wildman–Crippen LogP) is 7.88. The minimum Gasteiger partial charge on any atom is -0.460 e. The highest BCUT2D eigenvalue weighted by Gasteiger charge is 2.53. The van der Waals surface area contributed by atoms with E-state index in [4.69, 9.17) is 9.16 Å². The van der Waals surface area contributed by atoms with Gasteiger partial charge < -0.3 is 14.0 Å². The van der Waals surface area contributed by atoms with E-state index in [1.54, 1.807) is 0 Å². The van der Waals surface area contributed by atoms with E-state index in [2.05, 4.69) is 118 Å². The second-order valence-corrected chi connectivity index (χ2v) is 17.2. The minimum atomic E-state index is -2.82. The van der Waals surface area contributed by atoms with E-state index in [1.807, 2.05) is 12.1 Å². The fraction of sp³-hybridized carbons (Fsp3) is 0.486. The zero-order valence-electron chi connectivity index (χ0n) is 27.7. The zero-order chi connectivity index (χ0) is 32.7. The lowest BCUT2D eigenvalue weighted by Crippen LogP contribution is -2.67. The van der Waals surface area contributed by atoms with Gasteiger partial charge in [-0.05, 0) is 41.6 Å². The molecule has 0 bridgehead atoms. The Balaban J connectivity index is 1.84. The van der Waals surface area contributed by atoms with Crippen molar-refractivity contribution in [2.75, 3.05) is 6.61 Å². The first-order valence-electron chi connectivity index (χ1n) is 16.3. The average molecular weight is 634 g/mol. The number of ether oxygens (including phenoxy) is 1. The number of esters is 1. The van der Waals surface area contributed by atoms with Gasteiger partial charge in [-0.1, -0.05) is 150 Å². The van der Waals surface area contributed by atoms with Gasteiger partial charge in [0.25, 0.3) is 13.4 Å². The molecule has 0 saturated heterocycles. The van der Waals surface area contributed by atoms with Crippen LogP contribution in [0.3, 0.4) is 0 Å². The molecule has 3 rings (SSSR count). The molecule has 0 aromatic heterocycles. The van der Waals surface area contributed by atoms with Crippen LogP contribution in [0.2, 0.25) is 5.04 Å². The summed E-state index contributed by atoms with van der Waals surface area (Å²) in [5.41, 5.74) is 1.09. The molecular formula is C37H51NO6Si. The van der Waals surface area contributed by atoms with Crippen molar-refractivity contribution < 1.29 is 23.9 Å². The normalized spacial score (nSPS) is 19.3. The molecular weight excluding hydrogens is 582 g/mol. The fourth-order valence-electron chi connectivity index (χ4n) is 6.18. The summed E-state index contributed by atoms with van der Waals surface area (Å²) in [6.07, 6.45) is 18.5. The smallest absolute Gasteiger partial charge is 0.332 e. The Morgan fingerprint density at radius 3 is 2.18 bits per heavy atom. The number of benzene rings is 2. The van der Waals surface area contributed by atoms with Crippen molar-refractivity contribution >= 4 is 24.7 Å². The van der Waals surface area contributed by atoms with Crippen molar-refractivity contribution in [1.82, 2.24) is 0 Å². The summed E-state index contributed by atoms with van der Waals surface area (Å²) in [6, 6.07) is 20.9. The SMILES string of the molecule is CCCCCCC/C=C/C=C(C)/C=C/[C@H]1C[C@@H](O[Si](c2ccccc2)(c2ccccc2)C(C)(C)C)C[C@@H]1OC(=O)CO[N+](=O)[O-]. The largest absolute Gasteiger partial charge is 0.460 e. The third-order valence-electron chi connectivity index (χ3n) is 8.41. The standard InChI is InChI=1S/C37H51NO6Si/c1-6-7-8-9-10-11-12-15-20-30(2)25-26-31-27-32(28-35(31)43-36(39)29-42-38(40)41)44-45(37(3,4)5,33-21-16-13-17-22-33)34-23-18-14-19-24-34/h12-26,31-32,35H,6-11,27-29H2,1-5H3/b15-12+,26-25+,30-20+/t31-,32+,35-/m0/s1. The van der Waals surface area contributed by atoms with Crippen LogP contribution in [0.25, 0.3) is 0 Å². The van der Waals surface area contributed by atoms with Gasteiger partial charge in [0.05, 0.1) is 6.10 Å². The quantitative estimate of drug-likeness (QED) is 0.0440. The van der Waals surface area contributed by atoms with E-state index in [0.717, 1.165) is 12.0 Å². The molecule has 1 aliphatic rings. The molecule has 0 amide bonds. The van der Waals surface area contributed by atoms with Gasteiger partial charge in [-0.25, -0.2) is 4.79 Å². The minimum absolute atomic E-state index is 0.112. The number of unbranched alkanes of at least 4 members (excludes halogenated alkanes) is 5. The molecule has 244 valence electrons. The second kappa shape index (κ2) is 17.9. The molecule has 0 spiro atoms. The molecule has 8 heteroatoms. The third kappa shape index (κ3) is 10.8. The van der Waals surface area contributed by atoms with Gasteiger partial charge >= 0.3 is 5.97 Å². The summed E-state index contributed by atoms with van der Waals surface area (Å²) in [5.74, 6) is -0.867. The molecule has 0 radical (unpaired) electrons. The van der Waals surface area contributed by atoms with Gasteiger partial charge in [0.2, 0.25) is 0 Å². The first-order chi connectivity index (χ1) is 21.6. The Morgan fingerprint density at radius 1 is 0.978 bits per heavy atom. The van der Waals surface area contributed by atoms with Crippen LogP contribution in [0, 0.1) is 16.0 Å². The van der Waals surface area contributed by atoms with Crippen molar-refractivity contribution in [3.05, 3.63) is 107 Å². The highest BCUT2D eigenvalue weighted by molar-refractivity contribution is 6.99. The van der Waals surface area contributed by atoms with Crippen LogP contribution in [0.4, 0.5) is 0 Å². The summed E-state index contributed by atoms with van der Waals surface area (Å²) >= 11 is 0. The van der Waals surface area contributed by atoms with Crippen molar-refractivity contribution in [3.63, 3.8) is 0 Å². The van der Waals surface area contributed by atoms with E-state index in [0.29, 0.717) is 12.8 Å². The van der Waals surface area contributed by atoms with Crippen molar-refractivity contribution in [2.45, 2.75) is 103 Å². The fourth-order valence-corrected chi connectivity index (χ4v) is 10.9. The Kier molecular flexibility index (Phi) is 14.3. The molecule has 1 aliphatic carbocycles. The van der Waals surface area contributed by atoms with E-state index >= 15 is 0 Å². The van der Waals surface area contributed by atoms with Crippen molar-refractivity contribution in [1.29, 1.82) is 0 Å². The first kappa shape index (κ1) is 36.0. The topological polar surface area (TPSA) is 87.9 Å². The van der Waals surface area contributed by atoms with E-state index in [9.17, 15) is 14.9 Å². The molecule has 2 aromatic carbocycles. The molecule has 7 nitrogen and oxygen atoms in total. The van der Waals surface area contributed by atoms with Gasteiger partial charge in [0, 0.05) is 12.3 Å². The molecule has 1 fully saturated rings. The number of allylic oxidation sites excluding steroid dienone is 5. The van der Waals surface area contributed by atoms with Crippen LogP contribution in [0.1, 0.15) is 86.0 Å². The summed E-state index contributed by atoms with van der Waals surface area (Å²) in [6.45, 7) is 10.3. The molecule has 3 atom stereocenters. The van der Waals surface area contributed by atoms with Crippen molar-refractivity contribution in [3.8, 4) is 0 Å². The lowest BCUT2D eigenvalue weighted by atomic mass is 10.0. The Labute approximate surface area is 270 Å². The lowest BCUT2D eigenvalue weighted by molar-refractivity contribution is -0.754. The monoisotopic (exact) mass is 633 g/mol. The Morgan fingerprint density at radius 2 is 1.60 bits per heavy atom. The zero-order valence-corrected chi connectivity index (χ0v) is 28.7. The molecule has 0 unspecified atom stereocenters.